The maximum Gasteiger partial charge on any atom is 0.222 e. The van der Waals surface area contributed by atoms with Crippen molar-refractivity contribution in [3.05, 3.63) is 0 Å². The van der Waals surface area contributed by atoms with Crippen molar-refractivity contribution in [3.63, 3.8) is 0 Å². The summed E-state index contributed by atoms with van der Waals surface area (Å²) in [5, 5.41) is 0. The van der Waals surface area contributed by atoms with Crippen molar-refractivity contribution >= 4 is 5.91 Å². The Kier molecular flexibility index (Phi) is 4.43. The van der Waals surface area contributed by atoms with Crippen molar-refractivity contribution in [1.29, 1.82) is 0 Å². The molecule has 1 saturated carbocycles. The first-order valence-electron chi connectivity index (χ1n) is 7.22. The van der Waals surface area contributed by atoms with Gasteiger partial charge >= 0.3 is 0 Å². The van der Waals surface area contributed by atoms with E-state index in [1.165, 1.54) is 25.7 Å². The molecule has 2 atom stereocenters. The normalized spacial score (nSPS) is 30.8. The number of rotatable bonds is 3. The molecule has 1 amide bonds. The minimum Gasteiger partial charge on any atom is -0.340 e. The topological polar surface area (TPSA) is 46.3 Å². The third-order valence-corrected chi connectivity index (χ3v) is 4.48. The van der Waals surface area contributed by atoms with Crippen molar-refractivity contribution in [2.45, 2.75) is 70.4 Å². The maximum atomic E-state index is 12.2. The zero-order valence-corrected chi connectivity index (χ0v) is 11.0. The largest absolute Gasteiger partial charge is 0.340 e. The van der Waals surface area contributed by atoms with Gasteiger partial charge in [0.15, 0.2) is 0 Å². The minimum absolute atomic E-state index is 0.295. The molecule has 1 saturated heterocycles. The zero-order valence-electron chi connectivity index (χ0n) is 11.0. The summed E-state index contributed by atoms with van der Waals surface area (Å²) < 4.78 is 0. The predicted octanol–water partition coefficient (Wildman–Crippen LogP) is 2.29. The summed E-state index contributed by atoms with van der Waals surface area (Å²) in [7, 11) is 0. The van der Waals surface area contributed by atoms with Gasteiger partial charge in [-0.25, -0.2) is 0 Å². The Morgan fingerprint density at radius 1 is 1.29 bits per heavy atom. The van der Waals surface area contributed by atoms with Crippen molar-refractivity contribution in [2.24, 2.45) is 11.7 Å². The Hall–Kier alpha value is -0.570. The van der Waals surface area contributed by atoms with Gasteiger partial charge in [-0.05, 0) is 32.1 Å². The zero-order chi connectivity index (χ0) is 12.3. The number of hydrogen-bond donors (Lipinski definition) is 1. The number of piperidine rings is 1. The SMILES string of the molecule is CC1CC(N)CCN1C(=O)CCC1CCCC1. The van der Waals surface area contributed by atoms with Crippen molar-refractivity contribution in [1.82, 2.24) is 4.90 Å². The van der Waals surface area contributed by atoms with E-state index >= 15 is 0 Å². The van der Waals surface area contributed by atoms with Gasteiger partial charge in [-0.1, -0.05) is 25.7 Å². The van der Waals surface area contributed by atoms with Gasteiger partial charge in [0.1, 0.15) is 0 Å². The number of carbonyl (C=O) groups is 1. The van der Waals surface area contributed by atoms with Crippen molar-refractivity contribution < 1.29 is 4.79 Å². The smallest absolute Gasteiger partial charge is 0.222 e. The third kappa shape index (κ3) is 3.44. The second kappa shape index (κ2) is 5.85. The van der Waals surface area contributed by atoms with Crippen LogP contribution in [0.3, 0.4) is 0 Å². The molecule has 0 bridgehead atoms. The van der Waals surface area contributed by atoms with E-state index in [0.29, 0.717) is 18.0 Å². The van der Waals surface area contributed by atoms with Gasteiger partial charge < -0.3 is 10.6 Å². The number of carbonyl (C=O) groups excluding carboxylic acids is 1. The number of nitrogens with zero attached hydrogens (tertiary/aromatic N) is 1. The van der Waals surface area contributed by atoms with Gasteiger partial charge in [-0.15, -0.1) is 0 Å². The molecule has 0 aromatic heterocycles. The lowest BCUT2D eigenvalue weighted by Crippen LogP contribution is -2.48. The highest BCUT2D eigenvalue weighted by Gasteiger charge is 2.27. The Morgan fingerprint density at radius 3 is 2.65 bits per heavy atom. The molecule has 2 unspecified atom stereocenters. The molecule has 98 valence electrons. The predicted molar refractivity (Wildman–Crippen MR) is 69.6 cm³/mol. The van der Waals surface area contributed by atoms with Crippen LogP contribution in [-0.2, 0) is 4.79 Å². The molecule has 2 fully saturated rings. The van der Waals surface area contributed by atoms with E-state index < -0.39 is 0 Å². The molecule has 2 N–H and O–H groups in total. The average molecular weight is 238 g/mol. The van der Waals surface area contributed by atoms with Crippen LogP contribution in [0, 0.1) is 5.92 Å². The fourth-order valence-corrected chi connectivity index (χ4v) is 3.35. The number of nitrogens with two attached hydrogens (primary N) is 1. The molecule has 3 heteroatoms. The summed E-state index contributed by atoms with van der Waals surface area (Å²) >= 11 is 0. The van der Waals surface area contributed by atoms with Crippen LogP contribution < -0.4 is 5.73 Å². The summed E-state index contributed by atoms with van der Waals surface area (Å²) in [6.45, 7) is 3.00. The Balaban J connectivity index is 1.74. The van der Waals surface area contributed by atoms with E-state index in [9.17, 15) is 4.79 Å². The molecule has 17 heavy (non-hydrogen) atoms. The Bertz CT molecular complexity index is 261. The van der Waals surface area contributed by atoms with Crippen LogP contribution in [0.15, 0.2) is 0 Å². The lowest BCUT2D eigenvalue weighted by molar-refractivity contribution is -0.134. The second-order valence-electron chi connectivity index (χ2n) is 5.91. The molecule has 1 aliphatic carbocycles. The van der Waals surface area contributed by atoms with Crippen LogP contribution in [0.1, 0.15) is 58.3 Å². The molecule has 2 aliphatic rings. The first-order chi connectivity index (χ1) is 8.16. The lowest BCUT2D eigenvalue weighted by atomic mass is 9.97. The first-order valence-corrected chi connectivity index (χ1v) is 7.22. The second-order valence-corrected chi connectivity index (χ2v) is 5.91. The summed E-state index contributed by atoms with van der Waals surface area (Å²) in [4.78, 5) is 14.2. The minimum atomic E-state index is 0.295. The monoisotopic (exact) mass is 238 g/mol. The van der Waals surface area contributed by atoms with Crippen molar-refractivity contribution in [3.8, 4) is 0 Å². The fraction of sp³-hybridized carbons (Fsp3) is 0.929. The summed E-state index contributed by atoms with van der Waals surface area (Å²) in [5.41, 5.74) is 5.92. The molecule has 0 aromatic rings. The van der Waals surface area contributed by atoms with Crippen molar-refractivity contribution in [2.75, 3.05) is 6.54 Å². The van der Waals surface area contributed by atoms with E-state index in [4.69, 9.17) is 5.73 Å². The van der Waals surface area contributed by atoms with Crippen LogP contribution in [0.4, 0.5) is 0 Å². The average Bonchev–Trinajstić information content (AvgIpc) is 2.78. The highest BCUT2D eigenvalue weighted by atomic mass is 16.2. The van der Waals surface area contributed by atoms with E-state index in [2.05, 4.69) is 11.8 Å². The molecule has 1 aliphatic heterocycles. The number of hydrogen-bond acceptors (Lipinski definition) is 2. The Morgan fingerprint density at radius 2 is 2.00 bits per heavy atom. The Labute approximate surface area is 105 Å². The van der Waals surface area contributed by atoms with Crippen LogP contribution in [0.25, 0.3) is 0 Å². The van der Waals surface area contributed by atoms with Gasteiger partial charge in [0.2, 0.25) is 5.91 Å². The van der Waals surface area contributed by atoms with Gasteiger partial charge in [0.05, 0.1) is 0 Å². The van der Waals surface area contributed by atoms with E-state index in [-0.39, 0.29) is 0 Å². The standard InChI is InChI=1S/C14H26N2O/c1-11-10-13(15)8-9-16(11)14(17)7-6-12-4-2-3-5-12/h11-13H,2-10,15H2,1H3. The lowest BCUT2D eigenvalue weighted by Gasteiger charge is -2.36. The van der Waals surface area contributed by atoms with Gasteiger partial charge in [0.25, 0.3) is 0 Å². The van der Waals surface area contributed by atoms with Crippen LogP contribution in [0.2, 0.25) is 0 Å². The number of likely N-dealkylation sites (tertiary alicyclic amines) is 1. The summed E-state index contributed by atoms with van der Waals surface area (Å²) in [6.07, 6.45) is 9.22. The maximum absolute atomic E-state index is 12.2. The van der Waals surface area contributed by atoms with Gasteiger partial charge in [0, 0.05) is 25.0 Å². The molecule has 0 aromatic carbocycles. The van der Waals surface area contributed by atoms with E-state index in [1.54, 1.807) is 0 Å². The number of amides is 1. The summed E-state index contributed by atoms with van der Waals surface area (Å²) in [5.74, 6) is 1.18. The van der Waals surface area contributed by atoms with E-state index in [0.717, 1.165) is 38.1 Å². The highest BCUT2D eigenvalue weighted by molar-refractivity contribution is 5.76. The molecule has 0 radical (unpaired) electrons. The quantitative estimate of drug-likeness (QED) is 0.820. The summed E-state index contributed by atoms with van der Waals surface area (Å²) in [6, 6.07) is 0.638. The van der Waals surface area contributed by atoms with Gasteiger partial charge in [-0.2, -0.15) is 0 Å². The van der Waals surface area contributed by atoms with Gasteiger partial charge in [-0.3, -0.25) is 4.79 Å². The highest BCUT2D eigenvalue weighted by Crippen LogP contribution is 2.29. The molecule has 1 heterocycles. The molecular formula is C14H26N2O. The van der Waals surface area contributed by atoms with Crippen LogP contribution in [-0.4, -0.2) is 29.4 Å². The van der Waals surface area contributed by atoms with Crippen LogP contribution >= 0.6 is 0 Å². The molecule has 3 nitrogen and oxygen atoms in total. The third-order valence-electron chi connectivity index (χ3n) is 4.48. The molecule has 0 spiro atoms. The first kappa shape index (κ1) is 12.9. The van der Waals surface area contributed by atoms with Crippen LogP contribution in [0.5, 0.6) is 0 Å². The fourth-order valence-electron chi connectivity index (χ4n) is 3.35. The molecule has 2 rings (SSSR count). The van der Waals surface area contributed by atoms with E-state index in [1.807, 2.05) is 0 Å². The molecular weight excluding hydrogens is 212 g/mol.